The van der Waals surface area contributed by atoms with Crippen molar-refractivity contribution in [2.24, 2.45) is 0 Å². The number of hydrogen-bond acceptors (Lipinski definition) is 3. The van der Waals surface area contributed by atoms with Crippen LogP contribution in [0.5, 0.6) is 5.75 Å². The van der Waals surface area contributed by atoms with Gasteiger partial charge in [-0.3, -0.25) is 0 Å². The van der Waals surface area contributed by atoms with Gasteiger partial charge in [0.05, 0.1) is 26.4 Å². The lowest BCUT2D eigenvalue weighted by Crippen LogP contribution is -2.14. The summed E-state index contributed by atoms with van der Waals surface area (Å²) in [6, 6.07) is 8.08. The summed E-state index contributed by atoms with van der Waals surface area (Å²) in [5, 5.41) is 8.89. The number of hydrogen-bond donors (Lipinski definition) is 1. The van der Waals surface area contributed by atoms with Gasteiger partial charge in [0.15, 0.2) is 0 Å². The molecule has 1 aromatic rings. The normalized spacial score (nSPS) is 12.5. The van der Waals surface area contributed by atoms with Gasteiger partial charge in [-0.1, -0.05) is 30.4 Å². The van der Waals surface area contributed by atoms with Crippen molar-refractivity contribution < 1.29 is 14.6 Å². The first-order valence-electron chi connectivity index (χ1n) is 6.43. The van der Waals surface area contributed by atoms with E-state index in [1.807, 2.05) is 18.2 Å². The van der Waals surface area contributed by atoms with Crippen molar-refractivity contribution in [3.05, 3.63) is 54.6 Å². The highest BCUT2D eigenvalue weighted by molar-refractivity contribution is 5.27. The maximum absolute atomic E-state index is 8.89. The first-order chi connectivity index (χ1) is 9.30. The molecule has 0 unspecified atom stereocenters. The summed E-state index contributed by atoms with van der Waals surface area (Å²) in [5.41, 5.74) is 1.28. The molecule has 19 heavy (non-hydrogen) atoms. The zero-order valence-electron chi connectivity index (χ0n) is 11.4. The second kappa shape index (κ2) is 9.36. The van der Waals surface area contributed by atoms with E-state index < -0.39 is 0 Å². The fourth-order valence-electron chi connectivity index (χ4n) is 1.60. The van der Waals surface area contributed by atoms with Gasteiger partial charge in [-0.05, 0) is 30.5 Å². The highest BCUT2D eigenvalue weighted by atomic mass is 16.5. The zero-order valence-corrected chi connectivity index (χ0v) is 11.4. The highest BCUT2D eigenvalue weighted by Crippen LogP contribution is 2.12. The van der Waals surface area contributed by atoms with Crippen molar-refractivity contribution in [3.8, 4) is 5.75 Å². The van der Waals surface area contributed by atoms with E-state index in [1.165, 1.54) is 5.56 Å². The lowest BCUT2D eigenvalue weighted by atomic mass is 10.1. The molecule has 0 aliphatic heterocycles. The van der Waals surface area contributed by atoms with Crippen molar-refractivity contribution in [3.63, 3.8) is 0 Å². The summed E-state index contributed by atoms with van der Waals surface area (Å²) in [6.45, 7) is 4.06. The van der Waals surface area contributed by atoms with Gasteiger partial charge in [0.25, 0.3) is 0 Å². The Morgan fingerprint density at radius 1 is 1.26 bits per heavy atom. The van der Waals surface area contributed by atoms with Gasteiger partial charge in [0.2, 0.25) is 0 Å². The molecule has 0 spiro atoms. The molecule has 104 valence electrons. The van der Waals surface area contributed by atoms with Crippen molar-refractivity contribution in [1.29, 1.82) is 0 Å². The molecule has 1 N–H and O–H groups in total. The molecule has 1 rings (SSSR count). The first kappa shape index (κ1) is 15.5. The fourth-order valence-corrected chi connectivity index (χ4v) is 1.60. The van der Waals surface area contributed by atoms with Crippen molar-refractivity contribution >= 4 is 0 Å². The Kier molecular flexibility index (Phi) is 7.63. The van der Waals surface area contributed by atoms with Crippen molar-refractivity contribution in [2.45, 2.75) is 18.9 Å². The SMILES string of the molecule is C=C[C@H](CO)OC/C=C/CCc1ccc(OC)cc1. The van der Waals surface area contributed by atoms with Gasteiger partial charge < -0.3 is 14.6 Å². The van der Waals surface area contributed by atoms with Crippen LogP contribution in [0.1, 0.15) is 12.0 Å². The van der Waals surface area contributed by atoms with Crippen LogP contribution in [-0.2, 0) is 11.2 Å². The molecule has 0 aliphatic rings. The number of ether oxygens (including phenoxy) is 2. The molecule has 0 radical (unpaired) electrons. The van der Waals surface area contributed by atoms with Crippen LogP contribution in [0.4, 0.5) is 0 Å². The number of aliphatic hydroxyl groups is 1. The molecule has 0 saturated heterocycles. The maximum Gasteiger partial charge on any atom is 0.118 e. The van der Waals surface area contributed by atoms with E-state index >= 15 is 0 Å². The number of allylic oxidation sites excluding steroid dienone is 1. The summed E-state index contributed by atoms with van der Waals surface area (Å²) in [5.74, 6) is 0.882. The summed E-state index contributed by atoms with van der Waals surface area (Å²) >= 11 is 0. The molecule has 0 amide bonds. The number of aliphatic hydroxyl groups excluding tert-OH is 1. The smallest absolute Gasteiger partial charge is 0.118 e. The Morgan fingerprint density at radius 3 is 2.58 bits per heavy atom. The molecule has 0 aromatic heterocycles. The third-order valence-corrected chi connectivity index (χ3v) is 2.77. The van der Waals surface area contributed by atoms with Gasteiger partial charge in [-0.2, -0.15) is 0 Å². The number of rotatable bonds is 9. The Bertz CT molecular complexity index is 381. The van der Waals surface area contributed by atoms with Gasteiger partial charge in [-0.15, -0.1) is 6.58 Å². The molecule has 0 heterocycles. The van der Waals surface area contributed by atoms with E-state index in [-0.39, 0.29) is 12.7 Å². The van der Waals surface area contributed by atoms with Crippen LogP contribution in [0, 0.1) is 0 Å². The summed E-state index contributed by atoms with van der Waals surface area (Å²) in [7, 11) is 1.67. The van der Waals surface area contributed by atoms with Crippen LogP contribution in [0.15, 0.2) is 49.1 Å². The van der Waals surface area contributed by atoms with Crippen molar-refractivity contribution in [2.75, 3.05) is 20.3 Å². The molecule has 3 heteroatoms. The van der Waals surface area contributed by atoms with Gasteiger partial charge in [-0.25, -0.2) is 0 Å². The second-order valence-corrected chi connectivity index (χ2v) is 4.15. The Labute approximate surface area is 115 Å². The Hall–Kier alpha value is -1.58. The van der Waals surface area contributed by atoms with Crippen LogP contribution in [0.2, 0.25) is 0 Å². The lowest BCUT2D eigenvalue weighted by Gasteiger charge is -2.07. The van der Waals surface area contributed by atoms with Gasteiger partial charge >= 0.3 is 0 Å². The molecular weight excluding hydrogens is 240 g/mol. The highest BCUT2D eigenvalue weighted by Gasteiger charge is 1.98. The van der Waals surface area contributed by atoms with Crippen LogP contribution >= 0.6 is 0 Å². The van der Waals surface area contributed by atoms with Crippen LogP contribution in [0.25, 0.3) is 0 Å². The zero-order chi connectivity index (χ0) is 13.9. The Balaban J connectivity index is 2.20. The summed E-state index contributed by atoms with van der Waals surface area (Å²) in [6.07, 6.45) is 7.34. The third kappa shape index (κ3) is 6.22. The summed E-state index contributed by atoms with van der Waals surface area (Å²) < 4.78 is 10.5. The lowest BCUT2D eigenvalue weighted by molar-refractivity contribution is 0.0601. The maximum atomic E-state index is 8.89. The largest absolute Gasteiger partial charge is 0.497 e. The predicted octanol–water partition coefficient (Wildman–Crippen LogP) is 2.75. The molecular formula is C16H22O3. The predicted molar refractivity (Wildman–Crippen MR) is 77.5 cm³/mol. The Morgan fingerprint density at radius 2 is 2.00 bits per heavy atom. The molecule has 0 fully saturated rings. The first-order valence-corrected chi connectivity index (χ1v) is 6.43. The van der Waals surface area contributed by atoms with E-state index in [2.05, 4.69) is 24.8 Å². The van der Waals surface area contributed by atoms with Crippen molar-refractivity contribution in [1.82, 2.24) is 0 Å². The third-order valence-electron chi connectivity index (χ3n) is 2.77. The number of aryl methyl sites for hydroxylation is 1. The number of benzene rings is 1. The van der Waals surface area contributed by atoms with Gasteiger partial charge in [0, 0.05) is 0 Å². The quantitative estimate of drug-likeness (QED) is 0.695. The molecule has 3 nitrogen and oxygen atoms in total. The van der Waals surface area contributed by atoms with E-state index in [0.29, 0.717) is 6.61 Å². The second-order valence-electron chi connectivity index (χ2n) is 4.15. The topological polar surface area (TPSA) is 38.7 Å². The van der Waals surface area contributed by atoms with E-state index in [1.54, 1.807) is 13.2 Å². The standard InChI is InChI=1S/C16H22O3/c1-3-15(13-17)19-12-6-4-5-7-14-8-10-16(18-2)11-9-14/h3-4,6,8-11,15,17H,1,5,7,12-13H2,2H3/b6-4+/t15-/m1/s1. The van der Waals surface area contributed by atoms with Gasteiger partial charge in [0.1, 0.15) is 5.75 Å². The van der Waals surface area contributed by atoms with Crippen LogP contribution in [-0.4, -0.2) is 31.5 Å². The molecule has 1 aromatic carbocycles. The minimum absolute atomic E-state index is 0.0246. The average Bonchev–Trinajstić information content (AvgIpc) is 2.47. The van der Waals surface area contributed by atoms with Crippen LogP contribution < -0.4 is 4.74 Å². The van der Waals surface area contributed by atoms with Crippen LogP contribution in [0.3, 0.4) is 0 Å². The molecule has 0 aliphatic carbocycles. The van der Waals surface area contributed by atoms with E-state index in [9.17, 15) is 0 Å². The number of methoxy groups -OCH3 is 1. The minimum atomic E-state index is -0.272. The molecule has 0 saturated carbocycles. The van der Waals surface area contributed by atoms with E-state index in [4.69, 9.17) is 14.6 Å². The molecule has 0 bridgehead atoms. The molecule has 1 atom stereocenters. The minimum Gasteiger partial charge on any atom is -0.497 e. The fraction of sp³-hybridized carbons (Fsp3) is 0.375. The van der Waals surface area contributed by atoms with E-state index in [0.717, 1.165) is 18.6 Å². The summed E-state index contributed by atoms with van der Waals surface area (Å²) in [4.78, 5) is 0. The monoisotopic (exact) mass is 262 g/mol. The average molecular weight is 262 g/mol.